The predicted molar refractivity (Wildman–Crippen MR) is 65.7 cm³/mol. The molecular weight excluding hydrogens is 184 g/mol. The lowest BCUT2D eigenvalue weighted by Crippen LogP contribution is -1.98. The van der Waals surface area contributed by atoms with Gasteiger partial charge in [0.1, 0.15) is 0 Å². The van der Waals surface area contributed by atoms with Gasteiger partial charge in [-0.15, -0.1) is 0 Å². The number of aryl methyl sites for hydroxylation is 1. The minimum Gasteiger partial charge on any atom is -0.392 e. The van der Waals surface area contributed by atoms with Crippen LogP contribution in [0, 0.1) is 5.92 Å². The predicted octanol–water partition coefficient (Wildman–Crippen LogP) is 3.28. The molecule has 1 aromatic rings. The van der Waals surface area contributed by atoms with Gasteiger partial charge in [-0.05, 0) is 29.0 Å². The van der Waals surface area contributed by atoms with E-state index in [1.54, 1.807) is 0 Å². The molecule has 0 saturated carbocycles. The van der Waals surface area contributed by atoms with Crippen molar-refractivity contribution in [3.05, 3.63) is 41.0 Å². The van der Waals surface area contributed by atoms with Gasteiger partial charge >= 0.3 is 0 Å². The first-order chi connectivity index (χ1) is 7.17. The van der Waals surface area contributed by atoms with E-state index in [1.165, 1.54) is 11.1 Å². The van der Waals surface area contributed by atoms with Crippen molar-refractivity contribution in [1.82, 2.24) is 0 Å². The van der Waals surface area contributed by atoms with E-state index in [0.717, 1.165) is 12.0 Å². The van der Waals surface area contributed by atoms with Gasteiger partial charge in [0.05, 0.1) is 6.61 Å². The monoisotopic (exact) mass is 204 g/mol. The number of benzene rings is 1. The zero-order valence-corrected chi connectivity index (χ0v) is 9.83. The van der Waals surface area contributed by atoms with Gasteiger partial charge in [-0.1, -0.05) is 51.1 Å². The molecule has 0 aliphatic rings. The summed E-state index contributed by atoms with van der Waals surface area (Å²) in [4.78, 5) is 0. The molecule has 1 aromatic carbocycles. The van der Waals surface area contributed by atoms with E-state index in [2.05, 4.69) is 51.1 Å². The van der Waals surface area contributed by atoms with E-state index >= 15 is 0 Å². The molecular formula is C14H20O. The van der Waals surface area contributed by atoms with Crippen molar-refractivity contribution >= 4 is 6.08 Å². The summed E-state index contributed by atoms with van der Waals surface area (Å²) in [5, 5.41) is 9.19. The van der Waals surface area contributed by atoms with Crippen LogP contribution in [0.2, 0.25) is 0 Å². The van der Waals surface area contributed by atoms with Crippen molar-refractivity contribution in [2.75, 3.05) is 6.61 Å². The molecule has 0 spiro atoms. The maximum Gasteiger partial charge on any atom is 0.0647 e. The van der Waals surface area contributed by atoms with Crippen LogP contribution in [0.3, 0.4) is 0 Å². The maximum absolute atomic E-state index is 9.19. The highest BCUT2D eigenvalue weighted by Gasteiger charge is 2.01. The average molecular weight is 204 g/mol. The molecule has 0 heterocycles. The molecule has 0 aliphatic heterocycles. The van der Waals surface area contributed by atoms with Crippen LogP contribution in [0.15, 0.2) is 29.8 Å². The smallest absolute Gasteiger partial charge is 0.0647 e. The highest BCUT2D eigenvalue weighted by atomic mass is 16.3. The Morgan fingerprint density at radius 1 is 1.27 bits per heavy atom. The van der Waals surface area contributed by atoms with Gasteiger partial charge in [-0.3, -0.25) is 0 Å². The minimum absolute atomic E-state index is 0.146. The van der Waals surface area contributed by atoms with Crippen LogP contribution in [0.25, 0.3) is 6.08 Å². The van der Waals surface area contributed by atoms with E-state index in [1.807, 2.05) is 0 Å². The van der Waals surface area contributed by atoms with E-state index < -0.39 is 0 Å². The molecule has 0 aromatic heterocycles. The molecule has 1 heteroatoms. The number of rotatable bonds is 4. The van der Waals surface area contributed by atoms with E-state index in [4.69, 9.17) is 0 Å². The van der Waals surface area contributed by atoms with Gasteiger partial charge in [-0.2, -0.15) is 0 Å². The lowest BCUT2D eigenvalue weighted by molar-refractivity contribution is 0.320. The molecule has 0 unspecified atom stereocenters. The molecule has 0 radical (unpaired) electrons. The fraction of sp³-hybridized carbons (Fsp3) is 0.429. The average Bonchev–Trinajstić information content (AvgIpc) is 2.26. The summed E-state index contributed by atoms with van der Waals surface area (Å²) in [6.07, 6.45) is 3.14. The highest BCUT2D eigenvalue weighted by Crippen LogP contribution is 2.14. The van der Waals surface area contributed by atoms with Crippen molar-refractivity contribution < 1.29 is 5.11 Å². The van der Waals surface area contributed by atoms with Gasteiger partial charge in [-0.25, -0.2) is 0 Å². The van der Waals surface area contributed by atoms with Crippen molar-refractivity contribution in [3.8, 4) is 0 Å². The fourth-order valence-electron chi connectivity index (χ4n) is 1.46. The maximum atomic E-state index is 9.19. The Hall–Kier alpha value is -1.08. The lowest BCUT2D eigenvalue weighted by Gasteiger charge is -2.08. The molecule has 15 heavy (non-hydrogen) atoms. The van der Waals surface area contributed by atoms with E-state index in [9.17, 15) is 5.11 Å². The summed E-state index contributed by atoms with van der Waals surface area (Å²) in [7, 11) is 0. The zero-order valence-electron chi connectivity index (χ0n) is 9.83. The molecule has 0 bridgehead atoms. The standard InChI is InChI=1S/C14H20O/c1-4-12-5-7-13(8-6-12)9-14(10-15)11(2)3/h5-9,11,15H,4,10H2,1-3H3. The quantitative estimate of drug-likeness (QED) is 0.798. The van der Waals surface area contributed by atoms with Crippen molar-refractivity contribution in [2.45, 2.75) is 27.2 Å². The van der Waals surface area contributed by atoms with Gasteiger partial charge < -0.3 is 5.11 Å². The van der Waals surface area contributed by atoms with Crippen LogP contribution in [-0.2, 0) is 6.42 Å². The Bertz CT molecular complexity index is 320. The zero-order chi connectivity index (χ0) is 11.3. The first kappa shape index (κ1) is 12.0. The second-order valence-electron chi connectivity index (χ2n) is 4.13. The Morgan fingerprint density at radius 2 is 1.87 bits per heavy atom. The molecule has 0 aliphatic carbocycles. The Morgan fingerprint density at radius 3 is 2.27 bits per heavy atom. The summed E-state index contributed by atoms with van der Waals surface area (Å²) in [6, 6.07) is 8.50. The molecule has 82 valence electrons. The third-order valence-electron chi connectivity index (χ3n) is 2.66. The van der Waals surface area contributed by atoms with Crippen LogP contribution < -0.4 is 0 Å². The molecule has 0 saturated heterocycles. The van der Waals surface area contributed by atoms with E-state index in [-0.39, 0.29) is 6.61 Å². The summed E-state index contributed by atoms with van der Waals surface area (Å²) in [5.41, 5.74) is 3.60. The molecule has 0 amide bonds. The second kappa shape index (κ2) is 5.72. The molecule has 1 N–H and O–H groups in total. The summed E-state index contributed by atoms with van der Waals surface area (Å²) in [5.74, 6) is 0.404. The molecule has 0 atom stereocenters. The molecule has 0 fully saturated rings. The fourth-order valence-corrected chi connectivity index (χ4v) is 1.46. The summed E-state index contributed by atoms with van der Waals surface area (Å²) >= 11 is 0. The van der Waals surface area contributed by atoms with Gasteiger partial charge in [0, 0.05) is 0 Å². The number of hydrogen-bond donors (Lipinski definition) is 1. The third-order valence-corrected chi connectivity index (χ3v) is 2.66. The van der Waals surface area contributed by atoms with Crippen LogP contribution in [-0.4, -0.2) is 11.7 Å². The van der Waals surface area contributed by atoms with Crippen molar-refractivity contribution in [1.29, 1.82) is 0 Å². The van der Waals surface area contributed by atoms with Crippen molar-refractivity contribution in [2.24, 2.45) is 5.92 Å². The number of hydrogen-bond acceptors (Lipinski definition) is 1. The minimum atomic E-state index is 0.146. The summed E-state index contributed by atoms with van der Waals surface area (Å²) < 4.78 is 0. The Kier molecular flexibility index (Phi) is 4.57. The lowest BCUT2D eigenvalue weighted by atomic mass is 10.0. The van der Waals surface area contributed by atoms with Gasteiger partial charge in [0.25, 0.3) is 0 Å². The van der Waals surface area contributed by atoms with Crippen LogP contribution in [0.5, 0.6) is 0 Å². The van der Waals surface area contributed by atoms with Gasteiger partial charge in [0.2, 0.25) is 0 Å². The largest absolute Gasteiger partial charge is 0.392 e. The first-order valence-corrected chi connectivity index (χ1v) is 5.57. The normalized spacial score (nSPS) is 12.2. The van der Waals surface area contributed by atoms with E-state index in [0.29, 0.717) is 5.92 Å². The topological polar surface area (TPSA) is 20.2 Å². The third kappa shape index (κ3) is 3.52. The molecule has 1 nitrogen and oxygen atoms in total. The summed E-state index contributed by atoms with van der Waals surface area (Å²) in [6.45, 7) is 6.50. The van der Waals surface area contributed by atoms with Gasteiger partial charge in [0.15, 0.2) is 0 Å². The second-order valence-corrected chi connectivity index (χ2v) is 4.13. The highest BCUT2D eigenvalue weighted by molar-refractivity contribution is 5.53. The molecule has 1 rings (SSSR count). The number of aliphatic hydroxyl groups is 1. The SMILES string of the molecule is CCc1ccc(C=C(CO)C(C)C)cc1. The van der Waals surface area contributed by atoms with Crippen LogP contribution >= 0.6 is 0 Å². The number of aliphatic hydroxyl groups excluding tert-OH is 1. The Balaban J connectivity index is 2.87. The van der Waals surface area contributed by atoms with Crippen LogP contribution in [0.4, 0.5) is 0 Å². The first-order valence-electron chi connectivity index (χ1n) is 5.57. The van der Waals surface area contributed by atoms with Crippen molar-refractivity contribution in [3.63, 3.8) is 0 Å². The van der Waals surface area contributed by atoms with Crippen LogP contribution in [0.1, 0.15) is 31.9 Å². The Labute approximate surface area is 92.5 Å².